The minimum absolute atomic E-state index is 0.122. The molecular formula is C13H14N2O. The molecule has 0 atom stereocenters. The van der Waals surface area contributed by atoms with E-state index in [0.29, 0.717) is 5.88 Å². The minimum atomic E-state index is 0.122. The second kappa shape index (κ2) is 4.75. The molecule has 0 spiro atoms. The van der Waals surface area contributed by atoms with E-state index in [0.717, 1.165) is 11.3 Å². The van der Waals surface area contributed by atoms with Gasteiger partial charge in [0.05, 0.1) is 11.8 Å². The Morgan fingerprint density at radius 3 is 2.25 bits per heavy atom. The molecule has 0 saturated carbocycles. The minimum Gasteiger partial charge on any atom is -0.474 e. The van der Waals surface area contributed by atoms with Crippen LogP contribution in [0.2, 0.25) is 0 Å². The van der Waals surface area contributed by atoms with Crippen LogP contribution in [-0.2, 0) is 0 Å². The standard InChI is InChI=1S/C13H14N2O/c1-10(2)16-13-9-8-12(14-15-13)11-6-4-3-5-7-11/h3-10H,1-2H3. The van der Waals surface area contributed by atoms with Crippen LogP contribution in [0.4, 0.5) is 0 Å². The van der Waals surface area contributed by atoms with E-state index in [-0.39, 0.29) is 6.10 Å². The molecule has 0 aliphatic heterocycles. The van der Waals surface area contributed by atoms with Gasteiger partial charge in [-0.1, -0.05) is 30.3 Å². The Labute approximate surface area is 95.1 Å². The maximum Gasteiger partial charge on any atom is 0.233 e. The van der Waals surface area contributed by atoms with Crippen LogP contribution in [0.1, 0.15) is 13.8 Å². The lowest BCUT2D eigenvalue weighted by Crippen LogP contribution is -2.07. The van der Waals surface area contributed by atoms with Crippen LogP contribution >= 0.6 is 0 Å². The fourth-order valence-electron chi connectivity index (χ4n) is 1.39. The van der Waals surface area contributed by atoms with Gasteiger partial charge in [0.15, 0.2) is 0 Å². The molecular weight excluding hydrogens is 200 g/mol. The maximum atomic E-state index is 5.43. The first-order chi connectivity index (χ1) is 7.75. The molecule has 82 valence electrons. The van der Waals surface area contributed by atoms with E-state index in [1.54, 1.807) is 0 Å². The number of ether oxygens (including phenoxy) is 1. The van der Waals surface area contributed by atoms with E-state index in [1.165, 1.54) is 0 Å². The van der Waals surface area contributed by atoms with Crippen LogP contribution in [-0.4, -0.2) is 16.3 Å². The Morgan fingerprint density at radius 1 is 0.938 bits per heavy atom. The Kier molecular flexibility index (Phi) is 3.15. The molecule has 0 aliphatic rings. The smallest absolute Gasteiger partial charge is 0.233 e. The summed E-state index contributed by atoms with van der Waals surface area (Å²) >= 11 is 0. The predicted octanol–water partition coefficient (Wildman–Crippen LogP) is 2.93. The van der Waals surface area contributed by atoms with Crippen molar-refractivity contribution in [1.29, 1.82) is 0 Å². The highest BCUT2D eigenvalue weighted by Gasteiger charge is 2.02. The van der Waals surface area contributed by atoms with Crippen molar-refractivity contribution in [2.45, 2.75) is 20.0 Å². The third kappa shape index (κ3) is 2.57. The van der Waals surface area contributed by atoms with Crippen LogP contribution in [0.25, 0.3) is 11.3 Å². The summed E-state index contributed by atoms with van der Waals surface area (Å²) in [5, 5.41) is 8.15. The highest BCUT2D eigenvalue weighted by atomic mass is 16.5. The molecule has 1 aromatic carbocycles. The molecule has 0 saturated heterocycles. The van der Waals surface area contributed by atoms with E-state index >= 15 is 0 Å². The summed E-state index contributed by atoms with van der Waals surface area (Å²) in [6, 6.07) is 13.7. The molecule has 0 N–H and O–H groups in total. The Hall–Kier alpha value is -1.90. The topological polar surface area (TPSA) is 35.0 Å². The molecule has 0 radical (unpaired) electrons. The summed E-state index contributed by atoms with van der Waals surface area (Å²) in [4.78, 5) is 0. The van der Waals surface area contributed by atoms with Crippen LogP contribution in [0, 0.1) is 0 Å². The highest BCUT2D eigenvalue weighted by Crippen LogP contribution is 2.17. The number of aromatic nitrogens is 2. The highest BCUT2D eigenvalue weighted by molar-refractivity contribution is 5.58. The molecule has 2 rings (SSSR count). The monoisotopic (exact) mass is 214 g/mol. The summed E-state index contributed by atoms with van der Waals surface area (Å²) in [5.74, 6) is 0.565. The Balaban J connectivity index is 2.20. The molecule has 0 aliphatic carbocycles. The molecule has 0 amide bonds. The zero-order valence-corrected chi connectivity index (χ0v) is 9.42. The SMILES string of the molecule is CC(C)Oc1ccc(-c2ccccc2)nn1. The fraction of sp³-hybridized carbons (Fsp3) is 0.231. The summed E-state index contributed by atoms with van der Waals surface area (Å²) in [7, 11) is 0. The van der Waals surface area contributed by atoms with E-state index in [2.05, 4.69) is 10.2 Å². The summed E-state index contributed by atoms with van der Waals surface area (Å²) in [6.45, 7) is 3.93. The van der Waals surface area contributed by atoms with Crippen molar-refractivity contribution in [3.63, 3.8) is 0 Å². The van der Waals surface area contributed by atoms with Crippen LogP contribution < -0.4 is 4.74 Å². The van der Waals surface area contributed by atoms with Gasteiger partial charge in [-0.15, -0.1) is 10.2 Å². The lowest BCUT2D eigenvalue weighted by molar-refractivity contribution is 0.230. The zero-order valence-electron chi connectivity index (χ0n) is 9.42. The molecule has 3 nitrogen and oxygen atoms in total. The number of rotatable bonds is 3. The number of hydrogen-bond acceptors (Lipinski definition) is 3. The van der Waals surface area contributed by atoms with Gasteiger partial charge in [-0.3, -0.25) is 0 Å². The van der Waals surface area contributed by atoms with Gasteiger partial charge >= 0.3 is 0 Å². The maximum absolute atomic E-state index is 5.43. The van der Waals surface area contributed by atoms with Gasteiger partial charge < -0.3 is 4.74 Å². The fourth-order valence-corrected chi connectivity index (χ4v) is 1.39. The third-order valence-corrected chi connectivity index (χ3v) is 2.07. The summed E-state index contributed by atoms with van der Waals surface area (Å²) in [6.07, 6.45) is 0.122. The molecule has 16 heavy (non-hydrogen) atoms. The third-order valence-electron chi connectivity index (χ3n) is 2.07. The van der Waals surface area contributed by atoms with E-state index in [1.807, 2.05) is 56.3 Å². The van der Waals surface area contributed by atoms with Crippen molar-refractivity contribution < 1.29 is 4.74 Å². The van der Waals surface area contributed by atoms with Gasteiger partial charge in [0, 0.05) is 11.6 Å². The first kappa shape index (κ1) is 10.6. The van der Waals surface area contributed by atoms with E-state index in [9.17, 15) is 0 Å². The number of nitrogens with zero attached hydrogens (tertiary/aromatic N) is 2. The first-order valence-corrected chi connectivity index (χ1v) is 5.31. The summed E-state index contributed by atoms with van der Waals surface area (Å²) < 4.78 is 5.43. The first-order valence-electron chi connectivity index (χ1n) is 5.31. The summed E-state index contributed by atoms with van der Waals surface area (Å²) in [5.41, 5.74) is 1.92. The van der Waals surface area contributed by atoms with Gasteiger partial charge in [-0.25, -0.2) is 0 Å². The molecule has 0 unspecified atom stereocenters. The Morgan fingerprint density at radius 2 is 1.69 bits per heavy atom. The van der Waals surface area contributed by atoms with Crippen molar-refractivity contribution in [1.82, 2.24) is 10.2 Å². The number of hydrogen-bond donors (Lipinski definition) is 0. The predicted molar refractivity (Wildman–Crippen MR) is 63.2 cm³/mol. The van der Waals surface area contributed by atoms with Gasteiger partial charge in [-0.2, -0.15) is 0 Å². The van der Waals surface area contributed by atoms with Crippen molar-refractivity contribution in [3.05, 3.63) is 42.5 Å². The molecule has 2 aromatic rings. The molecule has 3 heteroatoms. The molecule has 1 aromatic heterocycles. The van der Waals surface area contributed by atoms with E-state index < -0.39 is 0 Å². The van der Waals surface area contributed by atoms with Gasteiger partial charge in [-0.05, 0) is 19.9 Å². The van der Waals surface area contributed by atoms with Gasteiger partial charge in [0.2, 0.25) is 5.88 Å². The van der Waals surface area contributed by atoms with Gasteiger partial charge in [0.25, 0.3) is 0 Å². The van der Waals surface area contributed by atoms with Crippen molar-refractivity contribution in [2.75, 3.05) is 0 Å². The Bertz CT molecular complexity index is 437. The number of benzene rings is 1. The lowest BCUT2D eigenvalue weighted by atomic mass is 10.1. The lowest BCUT2D eigenvalue weighted by Gasteiger charge is -2.07. The van der Waals surface area contributed by atoms with E-state index in [4.69, 9.17) is 4.74 Å². The quantitative estimate of drug-likeness (QED) is 0.788. The molecule has 1 heterocycles. The molecule has 0 fully saturated rings. The van der Waals surface area contributed by atoms with Crippen LogP contribution in [0.5, 0.6) is 5.88 Å². The van der Waals surface area contributed by atoms with Crippen molar-refractivity contribution in [2.24, 2.45) is 0 Å². The zero-order chi connectivity index (χ0) is 11.4. The van der Waals surface area contributed by atoms with Gasteiger partial charge in [0.1, 0.15) is 0 Å². The largest absolute Gasteiger partial charge is 0.474 e. The van der Waals surface area contributed by atoms with Crippen molar-refractivity contribution in [3.8, 4) is 17.1 Å². The average molecular weight is 214 g/mol. The van der Waals surface area contributed by atoms with Crippen molar-refractivity contribution >= 4 is 0 Å². The second-order valence-corrected chi connectivity index (χ2v) is 3.79. The second-order valence-electron chi connectivity index (χ2n) is 3.79. The normalized spacial score (nSPS) is 10.4. The van der Waals surface area contributed by atoms with Crippen LogP contribution in [0.15, 0.2) is 42.5 Å². The van der Waals surface area contributed by atoms with Crippen LogP contribution in [0.3, 0.4) is 0 Å². The molecule has 0 bridgehead atoms. The average Bonchev–Trinajstić information content (AvgIpc) is 2.30.